The molecule has 6 heteroatoms. The van der Waals surface area contributed by atoms with Gasteiger partial charge >= 0.3 is 0 Å². The van der Waals surface area contributed by atoms with Crippen LogP contribution in [-0.4, -0.2) is 34.9 Å². The smallest absolute Gasteiger partial charge is 0.263 e. The van der Waals surface area contributed by atoms with Crippen LogP contribution in [-0.2, 0) is 4.79 Å². The molecule has 2 heterocycles. The van der Waals surface area contributed by atoms with Gasteiger partial charge in [0.2, 0.25) is 5.67 Å². The number of nitrogens with one attached hydrogen (secondary N) is 3. The van der Waals surface area contributed by atoms with Crippen molar-refractivity contribution >= 4 is 11.6 Å². The number of H-pyrrole nitrogens is 1. The first-order chi connectivity index (χ1) is 6.71. The molecule has 0 aromatic carbocycles. The largest absolute Gasteiger partial charge is 0.321 e. The first-order valence-electron chi connectivity index (χ1n) is 4.41. The Morgan fingerprint density at radius 3 is 3.14 bits per heavy atom. The average Bonchev–Trinajstić information content (AvgIpc) is 2.76. The van der Waals surface area contributed by atoms with Gasteiger partial charge in [-0.2, -0.15) is 5.10 Å². The van der Waals surface area contributed by atoms with E-state index in [4.69, 9.17) is 0 Å². The highest BCUT2D eigenvalue weighted by Gasteiger charge is 2.41. The molecule has 1 atom stereocenters. The number of carbonyl (C=O) groups is 1. The molecule has 3 N–H and O–H groups in total. The topological polar surface area (TPSA) is 69.8 Å². The van der Waals surface area contributed by atoms with Crippen LogP contribution in [0, 0.1) is 0 Å². The minimum atomic E-state index is -1.78. The standard InChI is InChI=1S/C8H11FN4O/c9-8(1-2-10-5-8)7(14)13-6-3-11-12-4-6/h3-4,10H,1-2,5H2,(H,11,12)(H,13,14). The molecule has 1 aromatic heterocycles. The quantitative estimate of drug-likeness (QED) is 0.629. The fourth-order valence-corrected chi connectivity index (χ4v) is 1.42. The monoisotopic (exact) mass is 198 g/mol. The molecule has 2 rings (SSSR count). The van der Waals surface area contributed by atoms with Crippen LogP contribution >= 0.6 is 0 Å². The maximum atomic E-state index is 13.8. The zero-order valence-corrected chi connectivity index (χ0v) is 7.51. The van der Waals surface area contributed by atoms with E-state index < -0.39 is 11.6 Å². The molecule has 0 spiro atoms. The van der Waals surface area contributed by atoms with Gasteiger partial charge in [0.1, 0.15) is 0 Å². The van der Waals surface area contributed by atoms with E-state index >= 15 is 0 Å². The zero-order valence-electron chi connectivity index (χ0n) is 7.51. The second kappa shape index (κ2) is 3.38. The molecule has 1 amide bonds. The van der Waals surface area contributed by atoms with Crippen LogP contribution in [0.5, 0.6) is 0 Å². The van der Waals surface area contributed by atoms with E-state index in [2.05, 4.69) is 20.8 Å². The maximum Gasteiger partial charge on any atom is 0.263 e. The van der Waals surface area contributed by atoms with Gasteiger partial charge < -0.3 is 10.6 Å². The van der Waals surface area contributed by atoms with E-state index in [-0.39, 0.29) is 13.0 Å². The summed E-state index contributed by atoms with van der Waals surface area (Å²) >= 11 is 0. The van der Waals surface area contributed by atoms with E-state index in [0.717, 1.165) is 0 Å². The number of hydrogen-bond acceptors (Lipinski definition) is 3. The van der Waals surface area contributed by atoms with Gasteiger partial charge in [0.15, 0.2) is 0 Å². The Labute approximate surface area is 80.1 Å². The minimum Gasteiger partial charge on any atom is -0.321 e. The SMILES string of the molecule is O=C(Nc1cn[nH]c1)C1(F)CCNC1. The number of alkyl halides is 1. The number of amides is 1. The van der Waals surface area contributed by atoms with E-state index in [1.165, 1.54) is 12.4 Å². The number of aromatic nitrogens is 2. The lowest BCUT2D eigenvalue weighted by Gasteiger charge is -2.16. The average molecular weight is 198 g/mol. The van der Waals surface area contributed by atoms with Crippen LogP contribution in [0.4, 0.5) is 10.1 Å². The Morgan fingerprint density at radius 2 is 2.57 bits per heavy atom. The lowest BCUT2D eigenvalue weighted by molar-refractivity contribution is -0.126. The summed E-state index contributed by atoms with van der Waals surface area (Å²) in [5.41, 5.74) is -1.30. The van der Waals surface area contributed by atoms with Gasteiger partial charge in [-0.15, -0.1) is 0 Å². The molecule has 0 saturated carbocycles. The van der Waals surface area contributed by atoms with Crippen molar-refractivity contribution in [1.82, 2.24) is 15.5 Å². The van der Waals surface area contributed by atoms with Crippen LogP contribution in [0.2, 0.25) is 0 Å². The number of aromatic amines is 1. The normalized spacial score (nSPS) is 26.4. The lowest BCUT2D eigenvalue weighted by atomic mass is 10.1. The predicted octanol–water partition coefficient (Wildman–Crippen LogP) is 0.0498. The molecule has 1 unspecified atom stereocenters. The summed E-state index contributed by atoms with van der Waals surface area (Å²) in [6.45, 7) is 0.617. The van der Waals surface area contributed by atoms with Crippen molar-refractivity contribution in [3.63, 3.8) is 0 Å². The van der Waals surface area contributed by atoms with Crippen molar-refractivity contribution < 1.29 is 9.18 Å². The van der Waals surface area contributed by atoms with Gasteiger partial charge in [0.05, 0.1) is 11.9 Å². The zero-order chi connectivity index (χ0) is 10.0. The van der Waals surface area contributed by atoms with Crippen LogP contribution in [0.1, 0.15) is 6.42 Å². The van der Waals surface area contributed by atoms with Gasteiger partial charge in [-0.05, 0) is 6.54 Å². The molecule has 0 bridgehead atoms. The fraction of sp³-hybridized carbons (Fsp3) is 0.500. The molecule has 76 valence electrons. The number of halogens is 1. The Morgan fingerprint density at radius 1 is 1.71 bits per heavy atom. The molecule has 0 aliphatic carbocycles. The molecular weight excluding hydrogens is 187 g/mol. The Bertz CT molecular complexity index is 318. The summed E-state index contributed by atoms with van der Waals surface area (Å²) in [5.74, 6) is -0.607. The molecular formula is C8H11FN4O. The summed E-state index contributed by atoms with van der Waals surface area (Å²) in [6.07, 6.45) is 3.16. The molecule has 5 nitrogen and oxygen atoms in total. The van der Waals surface area contributed by atoms with Crippen molar-refractivity contribution in [2.45, 2.75) is 12.1 Å². The third-order valence-corrected chi connectivity index (χ3v) is 2.27. The molecule has 1 fully saturated rings. The van der Waals surface area contributed by atoms with Crippen molar-refractivity contribution in [2.24, 2.45) is 0 Å². The third-order valence-electron chi connectivity index (χ3n) is 2.27. The number of nitrogens with zero attached hydrogens (tertiary/aromatic N) is 1. The Hall–Kier alpha value is -1.43. The summed E-state index contributed by atoms with van der Waals surface area (Å²) in [7, 11) is 0. The molecule has 1 aromatic rings. The molecule has 1 aliphatic rings. The van der Waals surface area contributed by atoms with Crippen LogP contribution < -0.4 is 10.6 Å². The van der Waals surface area contributed by atoms with Crippen molar-refractivity contribution in [2.75, 3.05) is 18.4 Å². The summed E-state index contributed by atoms with van der Waals surface area (Å²) in [4.78, 5) is 11.5. The van der Waals surface area contributed by atoms with E-state index in [0.29, 0.717) is 12.2 Å². The predicted molar refractivity (Wildman–Crippen MR) is 48.5 cm³/mol. The Balaban J connectivity index is 2.02. The van der Waals surface area contributed by atoms with Crippen molar-refractivity contribution in [1.29, 1.82) is 0 Å². The van der Waals surface area contributed by atoms with E-state index in [1.54, 1.807) is 0 Å². The maximum absolute atomic E-state index is 13.8. The van der Waals surface area contributed by atoms with Crippen molar-refractivity contribution in [3.8, 4) is 0 Å². The van der Waals surface area contributed by atoms with E-state index in [9.17, 15) is 9.18 Å². The highest BCUT2D eigenvalue weighted by molar-refractivity contribution is 5.97. The second-order valence-electron chi connectivity index (χ2n) is 3.33. The molecule has 0 radical (unpaired) electrons. The highest BCUT2D eigenvalue weighted by Crippen LogP contribution is 2.21. The number of hydrogen-bond donors (Lipinski definition) is 3. The molecule has 1 saturated heterocycles. The van der Waals surface area contributed by atoms with Crippen molar-refractivity contribution in [3.05, 3.63) is 12.4 Å². The lowest BCUT2D eigenvalue weighted by Crippen LogP contribution is -2.40. The second-order valence-corrected chi connectivity index (χ2v) is 3.33. The van der Waals surface area contributed by atoms with E-state index in [1.807, 2.05) is 0 Å². The number of rotatable bonds is 2. The highest BCUT2D eigenvalue weighted by atomic mass is 19.1. The van der Waals surface area contributed by atoms with Crippen LogP contribution in [0.25, 0.3) is 0 Å². The van der Waals surface area contributed by atoms with Crippen LogP contribution in [0.15, 0.2) is 12.4 Å². The fourth-order valence-electron chi connectivity index (χ4n) is 1.42. The van der Waals surface area contributed by atoms with Gasteiger partial charge in [-0.1, -0.05) is 0 Å². The molecule has 14 heavy (non-hydrogen) atoms. The van der Waals surface area contributed by atoms with Gasteiger partial charge in [-0.25, -0.2) is 4.39 Å². The first-order valence-corrected chi connectivity index (χ1v) is 4.41. The number of carbonyl (C=O) groups excluding carboxylic acids is 1. The number of anilines is 1. The van der Waals surface area contributed by atoms with Gasteiger partial charge in [0, 0.05) is 19.2 Å². The van der Waals surface area contributed by atoms with Crippen LogP contribution in [0.3, 0.4) is 0 Å². The third kappa shape index (κ3) is 1.60. The summed E-state index contributed by atoms with van der Waals surface area (Å²) < 4.78 is 13.8. The molecule has 1 aliphatic heterocycles. The van der Waals surface area contributed by atoms with Gasteiger partial charge in [-0.3, -0.25) is 9.89 Å². The summed E-state index contributed by atoms with van der Waals surface area (Å²) in [6, 6.07) is 0. The Kier molecular flexibility index (Phi) is 2.20. The minimum absolute atomic E-state index is 0.0800. The first kappa shape index (κ1) is 9.14. The van der Waals surface area contributed by atoms with Gasteiger partial charge in [0.25, 0.3) is 5.91 Å². The summed E-state index contributed by atoms with van der Waals surface area (Å²) in [5, 5.41) is 11.5.